The van der Waals surface area contributed by atoms with E-state index in [-0.39, 0.29) is 0 Å². The highest BCUT2D eigenvalue weighted by Gasteiger charge is 2.31. The number of aryl methyl sites for hydroxylation is 1. The highest BCUT2D eigenvalue weighted by atomic mass is 16.5. The molecule has 0 fully saturated rings. The summed E-state index contributed by atoms with van der Waals surface area (Å²) >= 11 is 0. The molecule has 18 heavy (non-hydrogen) atoms. The van der Waals surface area contributed by atoms with Crippen molar-refractivity contribution in [3.8, 4) is 11.5 Å². The van der Waals surface area contributed by atoms with Crippen molar-refractivity contribution in [3.63, 3.8) is 0 Å². The van der Waals surface area contributed by atoms with Gasteiger partial charge in [-0.25, -0.2) is 0 Å². The molecular formula is C14H20O4. The minimum absolute atomic E-state index is 0.392. The fraction of sp³-hybridized carbons (Fsp3) is 0.571. The molecule has 2 N–H and O–H groups in total. The van der Waals surface area contributed by atoms with Gasteiger partial charge in [-0.05, 0) is 43.5 Å². The van der Waals surface area contributed by atoms with Gasteiger partial charge in [-0.15, -0.1) is 0 Å². The zero-order valence-electron chi connectivity index (χ0n) is 10.8. The summed E-state index contributed by atoms with van der Waals surface area (Å²) in [6, 6.07) is 5.65. The average molecular weight is 252 g/mol. The minimum atomic E-state index is -1.09. The Labute approximate surface area is 107 Å². The second-order valence-corrected chi connectivity index (χ2v) is 4.98. The second-order valence-electron chi connectivity index (χ2n) is 4.98. The van der Waals surface area contributed by atoms with E-state index < -0.39 is 11.7 Å². The van der Waals surface area contributed by atoms with Crippen LogP contribution in [0.2, 0.25) is 0 Å². The van der Waals surface area contributed by atoms with Gasteiger partial charge >= 0.3 is 0 Å². The summed E-state index contributed by atoms with van der Waals surface area (Å²) < 4.78 is 10.8. The van der Waals surface area contributed by atoms with Crippen molar-refractivity contribution in [1.29, 1.82) is 0 Å². The van der Waals surface area contributed by atoms with Crippen LogP contribution in [-0.2, 0) is 6.42 Å². The van der Waals surface area contributed by atoms with Crippen molar-refractivity contribution in [2.24, 2.45) is 0 Å². The molecular weight excluding hydrogens is 232 g/mol. The first-order valence-corrected chi connectivity index (χ1v) is 6.23. The van der Waals surface area contributed by atoms with E-state index in [1.165, 1.54) is 0 Å². The lowest BCUT2D eigenvalue weighted by atomic mass is 9.91. The van der Waals surface area contributed by atoms with Gasteiger partial charge in [-0.1, -0.05) is 0 Å². The molecule has 4 heteroatoms. The summed E-state index contributed by atoms with van der Waals surface area (Å²) in [5, 5.41) is 20.1. The summed E-state index contributed by atoms with van der Waals surface area (Å²) in [4.78, 5) is 0. The molecule has 0 aromatic heterocycles. The van der Waals surface area contributed by atoms with E-state index in [0.29, 0.717) is 25.9 Å². The van der Waals surface area contributed by atoms with Crippen molar-refractivity contribution >= 4 is 0 Å². The summed E-state index contributed by atoms with van der Waals surface area (Å²) in [6.45, 7) is 2.04. The van der Waals surface area contributed by atoms with Gasteiger partial charge in [0.2, 0.25) is 0 Å². The van der Waals surface area contributed by atoms with Crippen LogP contribution in [0.15, 0.2) is 18.2 Å². The van der Waals surface area contributed by atoms with Crippen LogP contribution in [0.1, 0.15) is 25.3 Å². The lowest BCUT2D eigenvalue weighted by Gasteiger charge is -2.27. The lowest BCUT2D eigenvalue weighted by molar-refractivity contribution is -0.0739. The number of ether oxygens (including phenoxy) is 2. The summed E-state index contributed by atoms with van der Waals surface area (Å²) in [7, 11) is 1.62. The molecule has 2 rings (SSSR count). The number of hydrogen-bond donors (Lipinski definition) is 2. The average Bonchev–Trinajstić information content (AvgIpc) is 2.40. The Hall–Kier alpha value is -1.26. The molecule has 1 aliphatic heterocycles. The first-order chi connectivity index (χ1) is 8.53. The number of aliphatic hydroxyl groups excluding tert-OH is 1. The second kappa shape index (κ2) is 5.16. The number of fused-ring (bicyclic) bond motifs is 1. The summed E-state index contributed by atoms with van der Waals surface area (Å²) in [5.74, 6) is 1.58. The monoisotopic (exact) mass is 252 g/mol. The largest absolute Gasteiger partial charge is 0.497 e. The smallest absolute Gasteiger partial charge is 0.122 e. The Balaban J connectivity index is 2.24. The fourth-order valence-corrected chi connectivity index (χ4v) is 2.16. The third-order valence-electron chi connectivity index (χ3n) is 3.54. The summed E-state index contributed by atoms with van der Waals surface area (Å²) in [5.41, 5.74) is -0.0855. The molecule has 0 radical (unpaired) electrons. The Morgan fingerprint density at radius 2 is 2.22 bits per heavy atom. The maximum absolute atomic E-state index is 10.1. The Bertz CT molecular complexity index is 414. The molecule has 1 aliphatic rings. The van der Waals surface area contributed by atoms with Gasteiger partial charge in [0, 0.05) is 6.42 Å². The molecule has 0 unspecified atom stereocenters. The van der Waals surface area contributed by atoms with Gasteiger partial charge < -0.3 is 19.7 Å². The van der Waals surface area contributed by atoms with Crippen molar-refractivity contribution in [3.05, 3.63) is 23.8 Å². The van der Waals surface area contributed by atoms with E-state index in [0.717, 1.165) is 17.1 Å². The van der Waals surface area contributed by atoms with Gasteiger partial charge in [0.1, 0.15) is 11.5 Å². The van der Waals surface area contributed by atoms with Crippen molar-refractivity contribution < 1.29 is 19.7 Å². The van der Waals surface area contributed by atoms with Crippen LogP contribution in [0.3, 0.4) is 0 Å². The highest BCUT2D eigenvalue weighted by Crippen LogP contribution is 2.29. The molecule has 1 heterocycles. The number of hydrogen-bond acceptors (Lipinski definition) is 4. The zero-order chi connectivity index (χ0) is 13.2. The van der Waals surface area contributed by atoms with Crippen LogP contribution in [0, 0.1) is 0 Å². The van der Waals surface area contributed by atoms with E-state index in [4.69, 9.17) is 9.47 Å². The van der Waals surface area contributed by atoms with Crippen LogP contribution >= 0.6 is 0 Å². The number of methoxy groups -OCH3 is 1. The molecule has 1 aromatic rings. The standard InChI is InChI=1S/C14H20O4/c1-14(16)7-8-18-12-5-4-11(17-2)9-10(12)3-6-13(14)15/h4-5,9,13,15-16H,3,6-8H2,1-2H3/t13-,14+/m0/s1. The van der Waals surface area contributed by atoms with E-state index in [1.54, 1.807) is 14.0 Å². The van der Waals surface area contributed by atoms with E-state index >= 15 is 0 Å². The molecule has 0 aliphatic carbocycles. The van der Waals surface area contributed by atoms with Gasteiger partial charge in [0.25, 0.3) is 0 Å². The Morgan fingerprint density at radius 3 is 2.94 bits per heavy atom. The maximum Gasteiger partial charge on any atom is 0.122 e. The topological polar surface area (TPSA) is 58.9 Å². The first kappa shape index (κ1) is 13.2. The van der Waals surface area contributed by atoms with E-state index in [9.17, 15) is 10.2 Å². The quantitative estimate of drug-likeness (QED) is 0.795. The minimum Gasteiger partial charge on any atom is -0.497 e. The van der Waals surface area contributed by atoms with Crippen molar-refractivity contribution in [1.82, 2.24) is 0 Å². The molecule has 100 valence electrons. The van der Waals surface area contributed by atoms with E-state index in [2.05, 4.69) is 0 Å². The predicted octanol–water partition coefficient (Wildman–Crippen LogP) is 1.52. The van der Waals surface area contributed by atoms with E-state index in [1.807, 2.05) is 18.2 Å². The molecule has 1 aromatic carbocycles. The third-order valence-corrected chi connectivity index (χ3v) is 3.54. The number of benzene rings is 1. The highest BCUT2D eigenvalue weighted by molar-refractivity contribution is 5.40. The molecule has 0 bridgehead atoms. The molecule has 0 saturated carbocycles. The van der Waals surface area contributed by atoms with Crippen molar-refractivity contribution in [2.75, 3.05) is 13.7 Å². The third kappa shape index (κ3) is 2.76. The summed E-state index contributed by atoms with van der Waals surface area (Å²) in [6.07, 6.45) is 0.846. The maximum atomic E-state index is 10.1. The molecule has 0 amide bonds. The van der Waals surface area contributed by atoms with Crippen LogP contribution in [-0.4, -0.2) is 35.6 Å². The van der Waals surface area contributed by atoms with Crippen LogP contribution in [0.25, 0.3) is 0 Å². The number of rotatable bonds is 1. The van der Waals surface area contributed by atoms with Crippen molar-refractivity contribution in [2.45, 2.75) is 37.9 Å². The van der Waals surface area contributed by atoms with Gasteiger partial charge in [-0.2, -0.15) is 0 Å². The molecule has 0 spiro atoms. The van der Waals surface area contributed by atoms with Crippen LogP contribution < -0.4 is 9.47 Å². The fourth-order valence-electron chi connectivity index (χ4n) is 2.16. The van der Waals surface area contributed by atoms with Crippen LogP contribution in [0.5, 0.6) is 11.5 Å². The lowest BCUT2D eigenvalue weighted by Crippen LogP contribution is -2.40. The molecule has 0 saturated heterocycles. The molecule has 2 atom stereocenters. The Morgan fingerprint density at radius 1 is 1.44 bits per heavy atom. The first-order valence-electron chi connectivity index (χ1n) is 6.23. The van der Waals surface area contributed by atoms with Gasteiger partial charge in [0.15, 0.2) is 0 Å². The Kier molecular flexibility index (Phi) is 3.78. The predicted molar refractivity (Wildman–Crippen MR) is 68.1 cm³/mol. The number of aliphatic hydroxyl groups is 2. The SMILES string of the molecule is COc1ccc2c(c1)CC[C@H](O)[C@](C)(O)CCO2. The van der Waals surface area contributed by atoms with Crippen LogP contribution in [0.4, 0.5) is 0 Å². The van der Waals surface area contributed by atoms with Gasteiger partial charge in [-0.3, -0.25) is 0 Å². The zero-order valence-corrected chi connectivity index (χ0v) is 10.8. The normalized spacial score (nSPS) is 28.3. The molecule has 4 nitrogen and oxygen atoms in total. The van der Waals surface area contributed by atoms with Gasteiger partial charge in [0.05, 0.1) is 25.4 Å².